The minimum Gasteiger partial charge on any atom is -0.364 e. The van der Waals surface area contributed by atoms with Crippen molar-refractivity contribution in [3.05, 3.63) is 24.0 Å². The van der Waals surface area contributed by atoms with Gasteiger partial charge in [0.15, 0.2) is 0 Å². The molecule has 1 aliphatic heterocycles. The molecule has 1 saturated heterocycles. The second-order valence-corrected chi connectivity index (χ2v) is 4.11. The van der Waals surface area contributed by atoms with Gasteiger partial charge in [-0.05, 0) is 39.1 Å². The molecule has 2 N–H and O–H groups in total. The number of rotatable bonds is 3. The zero-order chi connectivity index (χ0) is 9.97. The van der Waals surface area contributed by atoms with E-state index in [1.54, 1.807) is 0 Å². The van der Waals surface area contributed by atoms with Crippen molar-refractivity contribution in [2.75, 3.05) is 20.1 Å². The van der Waals surface area contributed by atoms with Crippen LogP contribution in [0.3, 0.4) is 0 Å². The van der Waals surface area contributed by atoms with Crippen LogP contribution in [0.1, 0.15) is 25.1 Å². The summed E-state index contributed by atoms with van der Waals surface area (Å²) >= 11 is 0. The number of hydrogen-bond acceptors (Lipinski definition) is 2. The highest BCUT2D eigenvalue weighted by molar-refractivity contribution is 5.08. The number of H-pyrrole nitrogens is 1. The largest absolute Gasteiger partial charge is 0.364 e. The average molecular weight is 193 g/mol. The van der Waals surface area contributed by atoms with Gasteiger partial charge < -0.3 is 10.3 Å². The van der Waals surface area contributed by atoms with Crippen LogP contribution in [0.15, 0.2) is 18.3 Å². The van der Waals surface area contributed by atoms with Gasteiger partial charge in [-0.25, -0.2) is 0 Å². The van der Waals surface area contributed by atoms with Crippen molar-refractivity contribution >= 4 is 0 Å². The Hall–Kier alpha value is -0.800. The van der Waals surface area contributed by atoms with Gasteiger partial charge >= 0.3 is 0 Å². The predicted molar refractivity (Wildman–Crippen MR) is 58.2 cm³/mol. The molecule has 0 amide bonds. The Morgan fingerprint density at radius 2 is 2.43 bits per heavy atom. The van der Waals surface area contributed by atoms with Crippen LogP contribution >= 0.6 is 0 Å². The highest BCUT2D eigenvalue weighted by Crippen LogP contribution is 2.21. The molecule has 78 valence electrons. The average Bonchev–Trinajstić information content (AvgIpc) is 2.87. The van der Waals surface area contributed by atoms with Crippen LogP contribution in [0.4, 0.5) is 0 Å². The van der Waals surface area contributed by atoms with E-state index >= 15 is 0 Å². The van der Waals surface area contributed by atoms with Crippen LogP contribution in [0.5, 0.6) is 0 Å². The van der Waals surface area contributed by atoms with Crippen LogP contribution in [-0.2, 0) is 0 Å². The van der Waals surface area contributed by atoms with Gasteiger partial charge in [0.1, 0.15) is 0 Å². The van der Waals surface area contributed by atoms with Crippen molar-refractivity contribution < 1.29 is 0 Å². The number of aromatic amines is 1. The standard InChI is InChI=1S/C11H19N3/c1-9(11-4-3-6-13-11)14(2)10-5-7-12-8-10/h3-4,6,9-10,12-13H,5,7-8H2,1-2H3/t9-,10-/m1/s1. The first-order chi connectivity index (χ1) is 6.79. The van der Waals surface area contributed by atoms with Crippen LogP contribution in [0.25, 0.3) is 0 Å². The minimum absolute atomic E-state index is 0.481. The van der Waals surface area contributed by atoms with E-state index in [0.717, 1.165) is 13.1 Å². The summed E-state index contributed by atoms with van der Waals surface area (Å²) in [5.41, 5.74) is 1.31. The molecule has 0 radical (unpaired) electrons. The van der Waals surface area contributed by atoms with E-state index in [9.17, 15) is 0 Å². The molecule has 1 aromatic rings. The van der Waals surface area contributed by atoms with E-state index in [2.05, 4.69) is 41.3 Å². The maximum atomic E-state index is 3.40. The SMILES string of the molecule is C[C@H](c1ccc[nH]1)N(C)[C@@H]1CCNC1. The van der Waals surface area contributed by atoms with Crippen molar-refractivity contribution in [3.8, 4) is 0 Å². The maximum Gasteiger partial charge on any atom is 0.0470 e. The molecule has 0 bridgehead atoms. The van der Waals surface area contributed by atoms with Gasteiger partial charge in [-0.15, -0.1) is 0 Å². The van der Waals surface area contributed by atoms with Crippen molar-refractivity contribution in [3.63, 3.8) is 0 Å². The summed E-state index contributed by atoms with van der Waals surface area (Å²) in [5, 5.41) is 3.40. The second kappa shape index (κ2) is 4.15. The molecule has 1 fully saturated rings. The van der Waals surface area contributed by atoms with Crippen molar-refractivity contribution in [2.45, 2.75) is 25.4 Å². The van der Waals surface area contributed by atoms with Crippen molar-refractivity contribution in [1.82, 2.24) is 15.2 Å². The smallest absolute Gasteiger partial charge is 0.0470 e. The normalized spacial score (nSPS) is 24.4. The number of likely N-dealkylation sites (N-methyl/N-ethyl adjacent to an activating group) is 1. The Morgan fingerprint density at radius 1 is 1.57 bits per heavy atom. The summed E-state index contributed by atoms with van der Waals surface area (Å²) < 4.78 is 0. The summed E-state index contributed by atoms with van der Waals surface area (Å²) in [6, 6.07) is 5.39. The summed E-state index contributed by atoms with van der Waals surface area (Å²) in [6.45, 7) is 4.54. The molecular weight excluding hydrogens is 174 g/mol. The Morgan fingerprint density at radius 3 is 3.00 bits per heavy atom. The highest BCUT2D eigenvalue weighted by Gasteiger charge is 2.23. The monoisotopic (exact) mass is 193 g/mol. The third kappa shape index (κ3) is 1.83. The third-order valence-corrected chi connectivity index (χ3v) is 3.29. The summed E-state index contributed by atoms with van der Waals surface area (Å²) in [5.74, 6) is 0. The van der Waals surface area contributed by atoms with Gasteiger partial charge in [0.25, 0.3) is 0 Å². The first-order valence-electron chi connectivity index (χ1n) is 5.35. The number of nitrogens with one attached hydrogen (secondary N) is 2. The predicted octanol–water partition coefficient (Wildman–Crippen LogP) is 1.37. The molecule has 1 aromatic heterocycles. The van der Waals surface area contributed by atoms with E-state index in [4.69, 9.17) is 0 Å². The van der Waals surface area contributed by atoms with Gasteiger partial charge in [-0.1, -0.05) is 0 Å². The van der Waals surface area contributed by atoms with Crippen LogP contribution in [-0.4, -0.2) is 36.1 Å². The van der Waals surface area contributed by atoms with Crippen molar-refractivity contribution in [2.24, 2.45) is 0 Å². The lowest BCUT2D eigenvalue weighted by Crippen LogP contribution is -2.35. The minimum atomic E-state index is 0.481. The lowest BCUT2D eigenvalue weighted by molar-refractivity contribution is 0.194. The molecule has 2 atom stereocenters. The topological polar surface area (TPSA) is 31.1 Å². The molecule has 0 unspecified atom stereocenters. The van der Waals surface area contributed by atoms with Gasteiger partial charge in [-0.3, -0.25) is 4.90 Å². The van der Waals surface area contributed by atoms with Crippen LogP contribution in [0, 0.1) is 0 Å². The zero-order valence-electron chi connectivity index (χ0n) is 8.96. The molecule has 3 nitrogen and oxygen atoms in total. The summed E-state index contributed by atoms with van der Waals surface area (Å²) in [7, 11) is 2.21. The van der Waals surface area contributed by atoms with Gasteiger partial charge in [0.05, 0.1) is 0 Å². The fourth-order valence-corrected chi connectivity index (χ4v) is 2.13. The molecule has 0 saturated carbocycles. The van der Waals surface area contributed by atoms with Gasteiger partial charge in [0, 0.05) is 30.5 Å². The fraction of sp³-hybridized carbons (Fsp3) is 0.636. The Kier molecular flexibility index (Phi) is 2.89. The number of nitrogens with zero attached hydrogens (tertiary/aromatic N) is 1. The van der Waals surface area contributed by atoms with E-state index in [0.29, 0.717) is 12.1 Å². The summed E-state index contributed by atoms with van der Waals surface area (Å²) in [6.07, 6.45) is 3.26. The molecule has 0 aliphatic carbocycles. The molecular formula is C11H19N3. The highest BCUT2D eigenvalue weighted by atomic mass is 15.2. The van der Waals surface area contributed by atoms with E-state index in [1.807, 2.05) is 6.20 Å². The van der Waals surface area contributed by atoms with Gasteiger partial charge in [-0.2, -0.15) is 0 Å². The molecule has 0 aromatic carbocycles. The third-order valence-electron chi connectivity index (χ3n) is 3.29. The Bertz CT molecular complexity index is 262. The molecule has 0 spiro atoms. The first kappa shape index (κ1) is 9.74. The lowest BCUT2D eigenvalue weighted by atomic mass is 10.1. The number of aromatic nitrogens is 1. The first-order valence-corrected chi connectivity index (χ1v) is 5.35. The van der Waals surface area contributed by atoms with Crippen molar-refractivity contribution in [1.29, 1.82) is 0 Å². The molecule has 2 heterocycles. The maximum absolute atomic E-state index is 3.40. The fourth-order valence-electron chi connectivity index (χ4n) is 2.13. The van der Waals surface area contributed by atoms with Crippen LogP contribution in [0.2, 0.25) is 0 Å². The quantitative estimate of drug-likeness (QED) is 0.759. The van der Waals surface area contributed by atoms with E-state index in [-0.39, 0.29) is 0 Å². The second-order valence-electron chi connectivity index (χ2n) is 4.11. The number of hydrogen-bond donors (Lipinski definition) is 2. The molecule has 14 heavy (non-hydrogen) atoms. The zero-order valence-corrected chi connectivity index (χ0v) is 8.96. The Labute approximate surface area is 85.5 Å². The Balaban J connectivity index is 2.00. The summed E-state index contributed by atoms with van der Waals surface area (Å²) in [4.78, 5) is 5.73. The van der Waals surface area contributed by atoms with E-state index in [1.165, 1.54) is 12.1 Å². The molecule has 3 heteroatoms. The van der Waals surface area contributed by atoms with Gasteiger partial charge in [0.2, 0.25) is 0 Å². The lowest BCUT2D eigenvalue weighted by Gasteiger charge is -2.29. The molecule has 1 aliphatic rings. The molecule has 2 rings (SSSR count). The van der Waals surface area contributed by atoms with E-state index < -0.39 is 0 Å². The van der Waals surface area contributed by atoms with Crippen LogP contribution < -0.4 is 5.32 Å².